The van der Waals surface area contributed by atoms with Gasteiger partial charge in [-0.05, 0) is 18.1 Å². The van der Waals surface area contributed by atoms with Crippen molar-refractivity contribution < 1.29 is 14.0 Å². The third kappa shape index (κ3) is 3.53. The number of carbonyl (C=O) groups excluding carboxylic acids is 2. The van der Waals surface area contributed by atoms with E-state index in [0.717, 1.165) is 11.3 Å². The second kappa shape index (κ2) is 7.37. The van der Waals surface area contributed by atoms with E-state index in [0.29, 0.717) is 49.8 Å². The topological polar surface area (TPSA) is 69.3 Å². The Morgan fingerprint density at radius 1 is 1.39 bits per heavy atom. The Morgan fingerprint density at radius 2 is 2.21 bits per heavy atom. The first-order valence-electron chi connectivity index (χ1n) is 9.81. The van der Waals surface area contributed by atoms with Crippen LogP contribution >= 0.6 is 0 Å². The van der Waals surface area contributed by atoms with Crippen LogP contribution in [0, 0.1) is 17.7 Å². The fourth-order valence-corrected chi connectivity index (χ4v) is 4.17. The Morgan fingerprint density at radius 3 is 2.96 bits per heavy atom. The van der Waals surface area contributed by atoms with E-state index < -0.39 is 0 Å². The van der Waals surface area contributed by atoms with Crippen molar-refractivity contribution in [3.8, 4) is 11.3 Å². The minimum Gasteiger partial charge on any atom is -0.342 e. The van der Waals surface area contributed by atoms with Crippen molar-refractivity contribution in [1.82, 2.24) is 20.0 Å². The van der Waals surface area contributed by atoms with Crippen LogP contribution < -0.4 is 0 Å². The number of aromatic nitrogens is 2. The van der Waals surface area contributed by atoms with E-state index in [2.05, 4.69) is 24.0 Å². The smallest absolute Gasteiger partial charge is 0.228 e. The summed E-state index contributed by atoms with van der Waals surface area (Å²) in [5, 5.41) is 7.40. The lowest BCUT2D eigenvalue weighted by Crippen LogP contribution is -2.40. The molecule has 1 N–H and O–H groups in total. The molecule has 0 spiro atoms. The molecular weight excluding hydrogens is 359 g/mol. The van der Waals surface area contributed by atoms with E-state index in [9.17, 15) is 14.0 Å². The predicted octanol–water partition coefficient (Wildman–Crippen LogP) is 2.61. The molecule has 1 atom stereocenters. The molecule has 28 heavy (non-hydrogen) atoms. The van der Waals surface area contributed by atoms with Crippen molar-refractivity contribution in [2.24, 2.45) is 11.8 Å². The Labute approximate surface area is 163 Å². The molecule has 1 fully saturated rings. The first-order valence-corrected chi connectivity index (χ1v) is 9.81. The molecule has 6 nitrogen and oxygen atoms in total. The summed E-state index contributed by atoms with van der Waals surface area (Å²) in [5.74, 6) is -0.120. The number of benzene rings is 1. The van der Waals surface area contributed by atoms with Gasteiger partial charge in [0, 0.05) is 55.8 Å². The number of rotatable bonds is 4. The van der Waals surface area contributed by atoms with Gasteiger partial charge in [-0.1, -0.05) is 26.0 Å². The van der Waals surface area contributed by atoms with Crippen LogP contribution in [0.3, 0.4) is 0 Å². The molecule has 2 aliphatic rings. The van der Waals surface area contributed by atoms with Gasteiger partial charge in [0.1, 0.15) is 5.82 Å². The molecule has 148 valence electrons. The van der Waals surface area contributed by atoms with Gasteiger partial charge in [-0.15, -0.1) is 0 Å². The highest BCUT2D eigenvalue weighted by atomic mass is 19.1. The van der Waals surface area contributed by atoms with Gasteiger partial charge >= 0.3 is 0 Å². The van der Waals surface area contributed by atoms with E-state index in [4.69, 9.17) is 0 Å². The maximum Gasteiger partial charge on any atom is 0.228 e. The zero-order valence-electron chi connectivity index (χ0n) is 16.2. The third-order valence-corrected chi connectivity index (χ3v) is 5.49. The van der Waals surface area contributed by atoms with Crippen LogP contribution in [-0.4, -0.2) is 51.4 Å². The normalized spacial score (nSPS) is 19.4. The molecule has 0 aliphatic carbocycles. The van der Waals surface area contributed by atoms with Crippen LogP contribution in [0.4, 0.5) is 4.39 Å². The zero-order valence-corrected chi connectivity index (χ0v) is 16.2. The SMILES string of the molecule is CC(C)CN1C[C@@H](C(=O)N2CCc3[nH]nc(-c4cccc(F)c4)c3C2)CC1=O. The fourth-order valence-electron chi connectivity index (χ4n) is 4.17. The van der Waals surface area contributed by atoms with Crippen molar-refractivity contribution in [1.29, 1.82) is 0 Å². The minimum atomic E-state index is -0.312. The van der Waals surface area contributed by atoms with Crippen LogP contribution in [0.5, 0.6) is 0 Å². The number of likely N-dealkylation sites (tertiary alicyclic amines) is 1. The van der Waals surface area contributed by atoms with E-state index in [1.807, 2.05) is 11.0 Å². The van der Waals surface area contributed by atoms with Gasteiger partial charge in [0.05, 0.1) is 11.6 Å². The van der Waals surface area contributed by atoms with Crippen molar-refractivity contribution in [3.63, 3.8) is 0 Å². The Balaban J connectivity index is 1.51. The number of nitrogens with zero attached hydrogens (tertiary/aromatic N) is 3. The highest BCUT2D eigenvalue weighted by Gasteiger charge is 2.38. The Hall–Kier alpha value is -2.70. The largest absolute Gasteiger partial charge is 0.342 e. The number of fused-ring (bicyclic) bond motifs is 1. The molecule has 1 aromatic heterocycles. The van der Waals surface area contributed by atoms with E-state index in [-0.39, 0.29) is 30.0 Å². The summed E-state index contributed by atoms with van der Waals surface area (Å²) in [6.45, 7) is 6.37. The van der Waals surface area contributed by atoms with Gasteiger partial charge in [0.2, 0.25) is 11.8 Å². The Bertz CT molecular complexity index is 908. The van der Waals surface area contributed by atoms with Gasteiger partial charge in [-0.3, -0.25) is 14.7 Å². The molecule has 3 heterocycles. The summed E-state index contributed by atoms with van der Waals surface area (Å²) in [4.78, 5) is 28.9. The molecule has 0 bridgehead atoms. The molecule has 2 aliphatic heterocycles. The summed E-state index contributed by atoms with van der Waals surface area (Å²) in [6, 6.07) is 6.33. The number of aromatic amines is 1. The van der Waals surface area contributed by atoms with Gasteiger partial charge in [0.15, 0.2) is 0 Å². The molecule has 0 saturated carbocycles. The summed E-state index contributed by atoms with van der Waals surface area (Å²) in [5.41, 5.74) is 3.32. The maximum atomic E-state index is 13.6. The minimum absolute atomic E-state index is 0.0247. The second-order valence-corrected chi connectivity index (χ2v) is 8.14. The number of H-pyrrole nitrogens is 1. The van der Waals surface area contributed by atoms with Crippen LogP contribution in [0.1, 0.15) is 31.5 Å². The van der Waals surface area contributed by atoms with Crippen LogP contribution in [0.25, 0.3) is 11.3 Å². The lowest BCUT2D eigenvalue weighted by molar-refractivity contribution is -0.136. The molecule has 0 unspecified atom stereocenters. The van der Waals surface area contributed by atoms with Crippen LogP contribution in [0.2, 0.25) is 0 Å². The third-order valence-electron chi connectivity index (χ3n) is 5.49. The molecule has 4 rings (SSSR count). The van der Waals surface area contributed by atoms with Gasteiger partial charge in [-0.25, -0.2) is 4.39 Å². The van der Waals surface area contributed by atoms with Crippen LogP contribution in [0.15, 0.2) is 24.3 Å². The number of carbonyl (C=O) groups is 2. The summed E-state index contributed by atoms with van der Waals surface area (Å²) < 4.78 is 13.6. The van der Waals surface area contributed by atoms with Crippen molar-refractivity contribution in [3.05, 3.63) is 41.3 Å². The molecule has 2 amide bonds. The van der Waals surface area contributed by atoms with Crippen molar-refractivity contribution in [2.75, 3.05) is 19.6 Å². The van der Waals surface area contributed by atoms with E-state index in [1.165, 1.54) is 12.1 Å². The van der Waals surface area contributed by atoms with Crippen molar-refractivity contribution in [2.45, 2.75) is 33.2 Å². The molecule has 1 aromatic carbocycles. The van der Waals surface area contributed by atoms with Gasteiger partial charge < -0.3 is 9.80 Å². The second-order valence-electron chi connectivity index (χ2n) is 8.14. The highest BCUT2D eigenvalue weighted by molar-refractivity contribution is 5.89. The quantitative estimate of drug-likeness (QED) is 0.881. The lowest BCUT2D eigenvalue weighted by atomic mass is 9.99. The molecule has 1 saturated heterocycles. The van der Waals surface area contributed by atoms with Gasteiger partial charge in [0.25, 0.3) is 0 Å². The number of amides is 2. The number of hydrogen-bond acceptors (Lipinski definition) is 3. The highest BCUT2D eigenvalue weighted by Crippen LogP contribution is 2.30. The maximum absolute atomic E-state index is 13.6. The Kier molecular flexibility index (Phi) is 4.91. The first kappa shape index (κ1) is 18.7. The first-order chi connectivity index (χ1) is 13.4. The van der Waals surface area contributed by atoms with Crippen molar-refractivity contribution >= 4 is 11.8 Å². The lowest BCUT2D eigenvalue weighted by Gasteiger charge is -2.29. The van der Waals surface area contributed by atoms with E-state index in [1.54, 1.807) is 11.0 Å². The monoisotopic (exact) mass is 384 g/mol. The van der Waals surface area contributed by atoms with Crippen LogP contribution in [-0.2, 0) is 22.6 Å². The summed E-state index contributed by atoms with van der Waals surface area (Å²) in [6.07, 6.45) is 0.969. The average molecular weight is 384 g/mol. The van der Waals surface area contributed by atoms with Gasteiger partial charge in [-0.2, -0.15) is 5.10 Å². The molecule has 0 radical (unpaired) electrons. The number of hydrogen-bond donors (Lipinski definition) is 1. The summed E-state index contributed by atoms with van der Waals surface area (Å²) >= 11 is 0. The predicted molar refractivity (Wildman–Crippen MR) is 103 cm³/mol. The average Bonchev–Trinajstić information content (AvgIpc) is 3.24. The molecule has 7 heteroatoms. The van der Waals surface area contributed by atoms with E-state index >= 15 is 0 Å². The number of halogens is 1. The zero-order chi connectivity index (χ0) is 19.8. The fraction of sp³-hybridized carbons (Fsp3) is 0.476. The summed E-state index contributed by atoms with van der Waals surface area (Å²) in [7, 11) is 0. The molecular formula is C21H25FN4O2. The molecule has 2 aromatic rings. The standard InChI is InChI=1S/C21H25FN4O2/c1-13(2)10-26-11-15(9-19(26)27)21(28)25-7-6-18-17(12-25)20(24-23-18)14-4-3-5-16(22)8-14/h3-5,8,13,15H,6-7,9-12H2,1-2H3,(H,23,24)/t15-/m0/s1. The number of nitrogens with one attached hydrogen (secondary N) is 1.